The topological polar surface area (TPSA) is 40.5 Å². The normalized spacial score (nSPS) is 11.8. The second-order valence-corrected chi connectivity index (χ2v) is 7.32. The third-order valence-electron chi connectivity index (χ3n) is 5.15. The molecule has 0 aromatic heterocycles. The summed E-state index contributed by atoms with van der Waals surface area (Å²) in [5, 5.41) is 18.6. The molecule has 0 radical (unpaired) electrons. The van der Waals surface area contributed by atoms with Crippen molar-refractivity contribution in [2.24, 2.45) is 0 Å². The van der Waals surface area contributed by atoms with Crippen LogP contribution in [0.15, 0.2) is 12.7 Å². The van der Waals surface area contributed by atoms with Crippen molar-refractivity contribution in [1.82, 2.24) is 0 Å². The van der Waals surface area contributed by atoms with Crippen LogP contribution in [-0.2, 0) is 0 Å². The molecule has 0 amide bonds. The van der Waals surface area contributed by atoms with Gasteiger partial charge in [0.15, 0.2) is 0 Å². The summed E-state index contributed by atoms with van der Waals surface area (Å²) in [4.78, 5) is 0. The zero-order chi connectivity index (χ0) is 17.9. The van der Waals surface area contributed by atoms with E-state index in [4.69, 9.17) is 0 Å². The number of rotatable bonds is 19. The Bertz CT molecular complexity index is 263. The lowest BCUT2D eigenvalue weighted by molar-refractivity contribution is -0.923. The van der Waals surface area contributed by atoms with Gasteiger partial charge in [0.05, 0.1) is 26.3 Å². The lowest BCUT2D eigenvalue weighted by Crippen LogP contribution is -2.52. The van der Waals surface area contributed by atoms with Gasteiger partial charge in [0.2, 0.25) is 0 Å². The lowest BCUT2D eigenvalue weighted by Gasteiger charge is -2.37. The Kier molecular flexibility index (Phi) is 17.2. The van der Waals surface area contributed by atoms with E-state index in [0.717, 1.165) is 30.7 Å². The van der Waals surface area contributed by atoms with E-state index in [1.165, 1.54) is 77.0 Å². The van der Waals surface area contributed by atoms with E-state index in [-0.39, 0.29) is 13.2 Å². The van der Waals surface area contributed by atoms with Crippen LogP contribution in [0.5, 0.6) is 0 Å². The summed E-state index contributed by atoms with van der Waals surface area (Å²) < 4.78 is 0.786. The number of unbranched alkanes of at least 4 members (excludes halogenated alkanes) is 11. The maximum absolute atomic E-state index is 9.31. The first kappa shape index (κ1) is 23.6. The van der Waals surface area contributed by atoms with Gasteiger partial charge < -0.3 is 14.7 Å². The molecule has 2 N–H and O–H groups in total. The number of hydrogen-bond donors (Lipinski definition) is 2. The Morgan fingerprint density at radius 2 is 1.08 bits per heavy atom. The number of quaternary nitrogens is 1. The first-order valence-corrected chi connectivity index (χ1v) is 10.4. The fourth-order valence-corrected chi connectivity index (χ4v) is 3.60. The molecule has 0 aromatic rings. The molecular weight excluding hydrogens is 298 g/mol. The Morgan fingerprint density at radius 1 is 0.667 bits per heavy atom. The standard InChI is InChI=1S/C21H44NO2/c1-3-5-6-7-8-9-10-11-12-13-14-15-17-22(16-4-2,18-20-23)19-21-24/h4,23-24H,2-3,5-21H2,1H3/q+1. The Balaban J connectivity index is 3.62. The number of aliphatic hydroxyl groups is 2. The van der Waals surface area contributed by atoms with Crippen molar-refractivity contribution < 1.29 is 14.7 Å². The summed E-state index contributed by atoms with van der Waals surface area (Å²) in [5.41, 5.74) is 0. The van der Waals surface area contributed by atoms with E-state index in [2.05, 4.69) is 13.5 Å². The highest BCUT2D eigenvalue weighted by molar-refractivity contribution is 4.66. The van der Waals surface area contributed by atoms with Gasteiger partial charge in [-0.1, -0.05) is 77.7 Å². The van der Waals surface area contributed by atoms with Crippen molar-refractivity contribution in [2.75, 3.05) is 39.4 Å². The zero-order valence-corrected chi connectivity index (χ0v) is 16.4. The van der Waals surface area contributed by atoms with Crippen molar-refractivity contribution in [3.8, 4) is 0 Å². The van der Waals surface area contributed by atoms with Gasteiger partial charge >= 0.3 is 0 Å². The summed E-state index contributed by atoms with van der Waals surface area (Å²) in [7, 11) is 0. The predicted molar refractivity (Wildman–Crippen MR) is 105 cm³/mol. The molecule has 0 aliphatic rings. The maximum Gasteiger partial charge on any atom is 0.102 e. The molecule has 3 heteroatoms. The minimum atomic E-state index is 0.187. The second kappa shape index (κ2) is 17.4. The summed E-state index contributed by atoms with van der Waals surface area (Å²) in [6.45, 7) is 9.83. The van der Waals surface area contributed by atoms with Crippen LogP contribution in [0.4, 0.5) is 0 Å². The Hall–Kier alpha value is -0.380. The smallest absolute Gasteiger partial charge is 0.102 e. The van der Waals surface area contributed by atoms with E-state index in [9.17, 15) is 10.2 Å². The maximum atomic E-state index is 9.31. The molecule has 0 aliphatic heterocycles. The van der Waals surface area contributed by atoms with Crippen molar-refractivity contribution in [2.45, 2.75) is 84.0 Å². The quantitative estimate of drug-likeness (QED) is 0.203. The average Bonchev–Trinajstić information content (AvgIpc) is 2.56. The molecule has 0 saturated carbocycles. The van der Waals surface area contributed by atoms with E-state index >= 15 is 0 Å². The van der Waals surface area contributed by atoms with Gasteiger partial charge in [-0.3, -0.25) is 0 Å². The number of hydrogen-bond acceptors (Lipinski definition) is 2. The second-order valence-electron chi connectivity index (χ2n) is 7.32. The Morgan fingerprint density at radius 3 is 1.46 bits per heavy atom. The minimum absolute atomic E-state index is 0.187. The zero-order valence-electron chi connectivity index (χ0n) is 16.4. The van der Waals surface area contributed by atoms with Gasteiger partial charge in [-0.15, -0.1) is 0 Å². The summed E-state index contributed by atoms with van der Waals surface area (Å²) >= 11 is 0. The van der Waals surface area contributed by atoms with Crippen molar-refractivity contribution in [3.63, 3.8) is 0 Å². The number of nitrogens with zero attached hydrogens (tertiary/aromatic N) is 1. The highest BCUT2D eigenvalue weighted by Gasteiger charge is 2.24. The molecule has 0 aliphatic carbocycles. The van der Waals surface area contributed by atoms with Crippen molar-refractivity contribution in [3.05, 3.63) is 12.7 Å². The van der Waals surface area contributed by atoms with E-state index in [1.54, 1.807) is 0 Å². The molecule has 0 bridgehead atoms. The largest absolute Gasteiger partial charge is 0.391 e. The predicted octanol–water partition coefficient (Wildman–Crippen LogP) is 4.67. The molecule has 0 heterocycles. The fraction of sp³-hybridized carbons (Fsp3) is 0.905. The highest BCUT2D eigenvalue weighted by Crippen LogP contribution is 2.14. The first-order chi connectivity index (χ1) is 11.7. The Labute approximate surface area is 151 Å². The molecule has 0 spiro atoms. The lowest BCUT2D eigenvalue weighted by atomic mass is 10.0. The monoisotopic (exact) mass is 342 g/mol. The van der Waals surface area contributed by atoms with E-state index < -0.39 is 0 Å². The van der Waals surface area contributed by atoms with Crippen LogP contribution in [0.2, 0.25) is 0 Å². The molecule has 0 saturated heterocycles. The molecule has 0 rings (SSSR count). The summed E-state index contributed by atoms with van der Waals surface area (Å²) in [6, 6.07) is 0. The molecule has 144 valence electrons. The van der Waals surface area contributed by atoms with Crippen LogP contribution >= 0.6 is 0 Å². The highest BCUT2D eigenvalue weighted by atomic mass is 16.3. The van der Waals surface area contributed by atoms with Crippen molar-refractivity contribution >= 4 is 0 Å². The molecule has 24 heavy (non-hydrogen) atoms. The van der Waals surface area contributed by atoms with Gasteiger partial charge in [-0.25, -0.2) is 0 Å². The third-order valence-corrected chi connectivity index (χ3v) is 5.15. The fourth-order valence-electron chi connectivity index (χ4n) is 3.60. The van der Waals surface area contributed by atoms with Gasteiger partial charge in [0.25, 0.3) is 0 Å². The van der Waals surface area contributed by atoms with Crippen LogP contribution in [0.3, 0.4) is 0 Å². The molecule has 0 fully saturated rings. The third kappa shape index (κ3) is 13.0. The molecule has 3 nitrogen and oxygen atoms in total. The summed E-state index contributed by atoms with van der Waals surface area (Å²) in [6.07, 6.45) is 18.3. The summed E-state index contributed by atoms with van der Waals surface area (Å²) in [5.74, 6) is 0. The van der Waals surface area contributed by atoms with E-state index in [0.29, 0.717) is 0 Å². The van der Waals surface area contributed by atoms with Crippen LogP contribution < -0.4 is 0 Å². The van der Waals surface area contributed by atoms with E-state index in [1.807, 2.05) is 6.08 Å². The minimum Gasteiger partial charge on any atom is -0.391 e. The van der Waals surface area contributed by atoms with Crippen molar-refractivity contribution in [1.29, 1.82) is 0 Å². The SMILES string of the molecule is C=CC[N+](CCO)(CCO)CCCCCCCCCCCCCC. The first-order valence-electron chi connectivity index (χ1n) is 10.4. The van der Waals surface area contributed by atoms with Crippen LogP contribution in [0.1, 0.15) is 84.0 Å². The molecular formula is C21H44NO2+. The van der Waals surface area contributed by atoms with Gasteiger partial charge in [-0.2, -0.15) is 0 Å². The van der Waals surface area contributed by atoms with Gasteiger partial charge in [-0.05, 0) is 18.9 Å². The number of aliphatic hydroxyl groups excluding tert-OH is 2. The van der Waals surface area contributed by atoms with Gasteiger partial charge in [0, 0.05) is 0 Å². The molecule has 0 atom stereocenters. The van der Waals surface area contributed by atoms with Crippen LogP contribution in [-0.4, -0.2) is 54.1 Å². The van der Waals surface area contributed by atoms with Crippen LogP contribution in [0, 0.1) is 0 Å². The molecule has 0 unspecified atom stereocenters. The van der Waals surface area contributed by atoms with Gasteiger partial charge in [0.1, 0.15) is 13.1 Å². The van der Waals surface area contributed by atoms with Crippen LogP contribution in [0.25, 0.3) is 0 Å². The molecule has 0 aromatic carbocycles. The average molecular weight is 343 g/mol.